The zero-order valence-electron chi connectivity index (χ0n) is 13.1. The quantitative estimate of drug-likeness (QED) is 0.754. The Morgan fingerprint density at radius 2 is 2.10 bits per heavy atom. The lowest BCUT2D eigenvalue weighted by Crippen LogP contribution is -2.33. The molecule has 1 heterocycles. The van der Waals surface area contributed by atoms with Crippen LogP contribution in [0.1, 0.15) is 70.7 Å². The molecular formula is C15H27N3O2. The molecule has 1 N–H and O–H groups in total. The summed E-state index contributed by atoms with van der Waals surface area (Å²) in [5.41, 5.74) is 0. The topological polar surface area (TPSA) is 60.2 Å². The molecule has 3 atom stereocenters. The molecule has 2 rings (SSSR count). The van der Waals surface area contributed by atoms with E-state index >= 15 is 0 Å². The Balaban J connectivity index is 2.06. The molecule has 0 radical (unpaired) electrons. The number of nitrogens with one attached hydrogen (secondary N) is 1. The Morgan fingerprint density at radius 1 is 1.35 bits per heavy atom. The van der Waals surface area contributed by atoms with Crippen LogP contribution >= 0.6 is 0 Å². The van der Waals surface area contributed by atoms with Gasteiger partial charge in [-0.2, -0.15) is 4.98 Å². The van der Waals surface area contributed by atoms with Gasteiger partial charge in [0.1, 0.15) is 6.10 Å². The Bertz CT molecular complexity index is 404. The Morgan fingerprint density at radius 3 is 2.65 bits per heavy atom. The van der Waals surface area contributed by atoms with Gasteiger partial charge in [0, 0.05) is 12.6 Å². The molecule has 0 amide bonds. The minimum Gasteiger partial charge on any atom is -0.370 e. The van der Waals surface area contributed by atoms with Crippen LogP contribution < -0.4 is 5.32 Å². The number of aromatic nitrogens is 2. The zero-order valence-corrected chi connectivity index (χ0v) is 13.1. The first kappa shape index (κ1) is 15.4. The van der Waals surface area contributed by atoms with Crippen LogP contribution in [-0.2, 0) is 4.74 Å². The largest absolute Gasteiger partial charge is 0.370 e. The second-order valence-electron chi connectivity index (χ2n) is 5.57. The lowest BCUT2D eigenvalue weighted by Gasteiger charge is -2.20. The lowest BCUT2D eigenvalue weighted by molar-refractivity contribution is 0.0384. The molecule has 5 heteroatoms. The summed E-state index contributed by atoms with van der Waals surface area (Å²) in [7, 11) is 0. The van der Waals surface area contributed by atoms with Crippen LogP contribution in [0.2, 0.25) is 0 Å². The molecule has 0 saturated heterocycles. The minimum atomic E-state index is 0.0175. The number of likely N-dealkylation sites (N-methyl/N-ethyl adjacent to an activating group) is 1. The predicted octanol–water partition coefficient (Wildman–Crippen LogP) is 3.05. The second kappa shape index (κ2) is 7.18. The molecule has 1 aliphatic carbocycles. The van der Waals surface area contributed by atoms with Crippen LogP contribution in [0, 0.1) is 5.92 Å². The van der Waals surface area contributed by atoms with Crippen molar-refractivity contribution in [3.63, 3.8) is 0 Å². The standard InChI is InChI=1S/C15H27N3O2/c1-5-12(16-6-2)10(4)15-17-14(18-20-15)13(19-7-3)11-8-9-11/h10-13,16H,5-9H2,1-4H3. The summed E-state index contributed by atoms with van der Waals surface area (Å²) in [4.78, 5) is 4.60. The van der Waals surface area contributed by atoms with Crippen molar-refractivity contribution in [3.05, 3.63) is 11.7 Å². The number of nitrogens with zero attached hydrogens (tertiary/aromatic N) is 2. The molecule has 1 fully saturated rings. The Labute approximate surface area is 121 Å². The Kier molecular flexibility index (Phi) is 5.54. The maximum atomic E-state index is 5.78. The highest BCUT2D eigenvalue weighted by Crippen LogP contribution is 2.42. The van der Waals surface area contributed by atoms with E-state index < -0.39 is 0 Å². The zero-order chi connectivity index (χ0) is 14.5. The molecule has 5 nitrogen and oxygen atoms in total. The third-order valence-electron chi connectivity index (χ3n) is 4.01. The van der Waals surface area contributed by atoms with Gasteiger partial charge in [0.2, 0.25) is 11.7 Å². The molecule has 3 unspecified atom stereocenters. The number of ether oxygens (including phenoxy) is 1. The third kappa shape index (κ3) is 3.58. The average Bonchev–Trinajstić information content (AvgIpc) is 3.18. The predicted molar refractivity (Wildman–Crippen MR) is 77.6 cm³/mol. The second-order valence-corrected chi connectivity index (χ2v) is 5.57. The van der Waals surface area contributed by atoms with Crippen molar-refractivity contribution in [2.75, 3.05) is 13.2 Å². The van der Waals surface area contributed by atoms with Crippen molar-refractivity contribution in [2.24, 2.45) is 5.92 Å². The SMILES string of the molecule is CCNC(CC)C(C)c1nc(C(OCC)C2CC2)no1. The third-order valence-corrected chi connectivity index (χ3v) is 4.01. The highest BCUT2D eigenvalue weighted by molar-refractivity contribution is 5.02. The van der Waals surface area contributed by atoms with Crippen LogP contribution in [0.4, 0.5) is 0 Å². The van der Waals surface area contributed by atoms with Crippen molar-refractivity contribution >= 4 is 0 Å². The Hall–Kier alpha value is -0.940. The number of rotatable bonds is 9. The molecule has 0 spiro atoms. The van der Waals surface area contributed by atoms with Crippen LogP contribution in [0.5, 0.6) is 0 Å². The molecule has 20 heavy (non-hydrogen) atoms. The van der Waals surface area contributed by atoms with Gasteiger partial charge in [-0.3, -0.25) is 0 Å². The highest BCUT2D eigenvalue weighted by atomic mass is 16.5. The van der Waals surface area contributed by atoms with E-state index in [1.165, 1.54) is 12.8 Å². The highest BCUT2D eigenvalue weighted by Gasteiger charge is 2.36. The number of hydrogen-bond acceptors (Lipinski definition) is 5. The summed E-state index contributed by atoms with van der Waals surface area (Å²) in [6, 6.07) is 0.375. The van der Waals surface area contributed by atoms with Gasteiger partial charge >= 0.3 is 0 Å². The van der Waals surface area contributed by atoms with E-state index in [2.05, 4.69) is 36.2 Å². The van der Waals surface area contributed by atoms with Gasteiger partial charge in [-0.15, -0.1) is 0 Å². The van der Waals surface area contributed by atoms with Crippen molar-refractivity contribution in [1.82, 2.24) is 15.5 Å². The van der Waals surface area contributed by atoms with E-state index in [1.807, 2.05) is 6.92 Å². The van der Waals surface area contributed by atoms with Gasteiger partial charge in [-0.05, 0) is 38.6 Å². The monoisotopic (exact) mass is 281 g/mol. The summed E-state index contributed by atoms with van der Waals surface area (Å²) < 4.78 is 11.3. The van der Waals surface area contributed by atoms with Crippen LogP contribution in [0.15, 0.2) is 4.52 Å². The molecule has 1 aromatic heterocycles. The molecule has 114 valence electrons. The molecule has 0 aromatic carbocycles. The first-order valence-corrected chi connectivity index (χ1v) is 7.89. The lowest BCUT2D eigenvalue weighted by atomic mass is 9.99. The molecule has 0 bridgehead atoms. The smallest absolute Gasteiger partial charge is 0.231 e. The summed E-state index contributed by atoms with van der Waals surface area (Å²) in [6.07, 6.45) is 3.48. The van der Waals surface area contributed by atoms with Gasteiger partial charge in [-0.25, -0.2) is 0 Å². The van der Waals surface area contributed by atoms with Gasteiger partial charge < -0.3 is 14.6 Å². The maximum Gasteiger partial charge on any atom is 0.231 e. The molecule has 1 saturated carbocycles. The van der Waals surface area contributed by atoms with Crippen molar-refractivity contribution < 1.29 is 9.26 Å². The molecular weight excluding hydrogens is 254 g/mol. The van der Waals surface area contributed by atoms with E-state index in [0.29, 0.717) is 18.6 Å². The molecule has 1 aromatic rings. The van der Waals surface area contributed by atoms with Crippen LogP contribution in [-0.4, -0.2) is 29.3 Å². The molecule has 1 aliphatic rings. The fourth-order valence-electron chi connectivity index (χ4n) is 2.66. The van der Waals surface area contributed by atoms with E-state index in [-0.39, 0.29) is 12.0 Å². The summed E-state index contributed by atoms with van der Waals surface area (Å²) >= 11 is 0. The van der Waals surface area contributed by atoms with Gasteiger partial charge in [-0.1, -0.05) is 25.9 Å². The summed E-state index contributed by atoms with van der Waals surface area (Å²) in [5.74, 6) is 2.25. The van der Waals surface area contributed by atoms with Crippen molar-refractivity contribution in [3.8, 4) is 0 Å². The summed E-state index contributed by atoms with van der Waals surface area (Å²) in [6.45, 7) is 10.1. The first-order chi connectivity index (χ1) is 9.71. The van der Waals surface area contributed by atoms with Gasteiger partial charge in [0.25, 0.3) is 0 Å². The number of hydrogen-bond donors (Lipinski definition) is 1. The van der Waals surface area contributed by atoms with Gasteiger partial charge in [0.05, 0.1) is 5.92 Å². The van der Waals surface area contributed by atoms with Crippen molar-refractivity contribution in [2.45, 2.75) is 65.0 Å². The van der Waals surface area contributed by atoms with E-state index in [1.54, 1.807) is 0 Å². The maximum absolute atomic E-state index is 5.78. The van der Waals surface area contributed by atoms with Crippen molar-refractivity contribution in [1.29, 1.82) is 0 Å². The van der Waals surface area contributed by atoms with Crippen LogP contribution in [0.25, 0.3) is 0 Å². The van der Waals surface area contributed by atoms with Crippen LogP contribution in [0.3, 0.4) is 0 Å². The van der Waals surface area contributed by atoms with E-state index in [4.69, 9.17) is 9.26 Å². The van der Waals surface area contributed by atoms with E-state index in [0.717, 1.165) is 24.7 Å². The first-order valence-electron chi connectivity index (χ1n) is 7.89. The average molecular weight is 281 g/mol. The normalized spacial score (nSPS) is 19.8. The summed E-state index contributed by atoms with van der Waals surface area (Å²) in [5, 5.41) is 7.63. The fraction of sp³-hybridized carbons (Fsp3) is 0.867. The fourth-order valence-corrected chi connectivity index (χ4v) is 2.66. The van der Waals surface area contributed by atoms with Gasteiger partial charge in [0.15, 0.2) is 0 Å². The minimum absolute atomic E-state index is 0.0175. The van der Waals surface area contributed by atoms with E-state index in [9.17, 15) is 0 Å². The molecule has 0 aliphatic heterocycles.